The van der Waals surface area contributed by atoms with Crippen molar-refractivity contribution < 1.29 is 125 Å². The lowest BCUT2D eigenvalue weighted by atomic mass is 9.91. The zero-order valence-electron chi connectivity index (χ0n) is 70.7. The number of nitrogens with two attached hydrogens (primary N) is 6. The molecule has 3 unspecified atom stereocenters. The summed E-state index contributed by atoms with van der Waals surface area (Å²) < 4.78 is 214. The van der Waals surface area contributed by atoms with Gasteiger partial charge in [-0.15, -0.1) is 0 Å². The van der Waals surface area contributed by atoms with Crippen LogP contribution >= 0.6 is 22.8 Å². The van der Waals surface area contributed by atoms with Gasteiger partial charge in [0.25, 0.3) is 0 Å². The number of nitrogen functional groups attached to an aromatic ring is 3. The van der Waals surface area contributed by atoms with Gasteiger partial charge < -0.3 is 91.7 Å². The third-order valence-electron chi connectivity index (χ3n) is 16.4. The molecular weight excluding hydrogens is 1620 g/mol. The fourth-order valence-corrected chi connectivity index (χ4v) is 16.1. The van der Waals surface area contributed by atoms with Crippen molar-refractivity contribution in [2.45, 2.75) is 153 Å². The Hall–Kier alpha value is -9.95. The predicted octanol–water partition coefficient (Wildman–Crippen LogP) is 4.43. The maximum Gasteiger partial charge on any atom is 0.380 e. The van der Waals surface area contributed by atoms with Gasteiger partial charge in [0.05, 0.1) is 88.6 Å². The highest BCUT2D eigenvalue weighted by Gasteiger charge is 2.58. The van der Waals surface area contributed by atoms with Crippen LogP contribution in [-0.2, 0) is 70.1 Å². The van der Waals surface area contributed by atoms with Crippen molar-refractivity contribution in [1.29, 1.82) is 0 Å². The molecule has 6 aromatic rings. The smallest absolute Gasteiger partial charge is 0.380 e. The van der Waals surface area contributed by atoms with Gasteiger partial charge in [0.15, 0.2) is 46.9 Å². The lowest BCUT2D eigenvalue weighted by Gasteiger charge is -2.28. The molecule has 0 amide bonds. The molecule has 37 nitrogen and oxygen atoms in total. The van der Waals surface area contributed by atoms with E-state index in [0.29, 0.717) is 15.3 Å². The van der Waals surface area contributed by atoms with Crippen molar-refractivity contribution in [1.82, 2.24) is 33.6 Å². The zero-order chi connectivity index (χ0) is 92.6. The van der Waals surface area contributed by atoms with Crippen LogP contribution < -0.4 is 65.0 Å². The summed E-state index contributed by atoms with van der Waals surface area (Å²) in [6, 6.07) is 24.1. The molecule has 15 N–H and O–H groups in total. The number of nitrogens with zero attached hydrogens (tertiary/aromatic N) is 7. The number of aliphatic hydroxyl groups is 3. The molecule has 0 spiro atoms. The second-order valence-electron chi connectivity index (χ2n) is 27.2. The van der Waals surface area contributed by atoms with E-state index < -0.39 is 236 Å². The van der Waals surface area contributed by atoms with Crippen LogP contribution in [0.25, 0.3) is 0 Å². The van der Waals surface area contributed by atoms with Gasteiger partial charge in [0, 0.05) is 6.20 Å². The molecule has 44 heteroatoms. The predicted molar refractivity (Wildman–Crippen MR) is 416 cm³/mol. The maximum absolute atomic E-state index is 14.2. The maximum atomic E-state index is 14.2. The number of carbonyl (C=O) groups is 3. The van der Waals surface area contributed by atoms with E-state index >= 15 is 0 Å². The second kappa shape index (κ2) is 42.1. The fraction of sp³-hybridized carbons (Fsp3) is 0.486. The highest BCUT2D eigenvalue weighted by atomic mass is 31.2. The molecule has 3 saturated heterocycles. The number of para-hydroxylation sites is 3. The average molecular weight is 1720 g/mol. The molecule has 3 aliphatic heterocycles. The first-order valence-corrected chi connectivity index (χ1v) is 40.8. The summed E-state index contributed by atoms with van der Waals surface area (Å²) in [5, 5.41) is 33.4. The lowest BCUT2D eigenvalue weighted by Crippen LogP contribution is -2.55. The first-order valence-electron chi connectivity index (χ1n) is 38.7. The summed E-state index contributed by atoms with van der Waals surface area (Å²) >= 11 is 0. The van der Waals surface area contributed by atoms with Crippen molar-refractivity contribution in [3.05, 3.63) is 153 Å². The van der Waals surface area contributed by atoms with Crippen LogP contribution in [0.4, 0.5) is 35.1 Å². The SMILES string of the molecule is [2H]C([2H])(O[P@@](=O)(C[C@@H](C)C(=O)OC(C)C)Oc1ccccc1)[C@H]1O[C@@H](n2cc(F)c(N)nc2=O)C(N)(C#CCF)[C@H]1O.[2H]C([2H])(O[P@@](=O)(C[C@@H](C)C(=O)OC(C)C)Oc1ccccc1)[C@H]1O[C@@H](n2ccc(N)nc2=O)C(N)(C#CCF)[C@H]1O.[2H]C([2H])(O[P@@](=O)(C[C@@H](C)C(=O)OC(C)C)Oc1ccccc1)[C@H]1O[C@@H](n2cnc(N)nc2=O)C(N)(C#CCF)[C@H]1O. The molecule has 0 aliphatic carbocycles. The third-order valence-corrected chi connectivity index (χ3v) is 22.0. The Kier molecular flexibility index (Phi) is 30.7. The topological polar surface area (TPSA) is 548 Å². The normalized spacial score (nSPS) is 25.9. The van der Waals surface area contributed by atoms with Gasteiger partial charge in [-0.1, -0.05) is 111 Å². The number of aromatic nitrogens is 7. The van der Waals surface area contributed by atoms with E-state index in [0.717, 1.165) is 17.1 Å². The molecule has 0 radical (unpaired) electrons. The van der Waals surface area contributed by atoms with E-state index in [9.17, 15) is 75.3 Å². The summed E-state index contributed by atoms with van der Waals surface area (Å²) in [6.45, 7) is 0.745. The van der Waals surface area contributed by atoms with Crippen molar-refractivity contribution in [3.8, 4) is 52.8 Å². The van der Waals surface area contributed by atoms with Crippen molar-refractivity contribution in [2.24, 2.45) is 35.0 Å². The van der Waals surface area contributed by atoms with E-state index in [1.807, 2.05) is 11.8 Å². The molecule has 118 heavy (non-hydrogen) atoms. The summed E-state index contributed by atoms with van der Waals surface area (Å²) in [4.78, 5) is 89.0. The molecule has 3 aromatic heterocycles. The fourth-order valence-electron chi connectivity index (χ4n) is 10.9. The Labute approximate surface area is 683 Å². The van der Waals surface area contributed by atoms with E-state index in [2.05, 4.69) is 43.6 Å². The van der Waals surface area contributed by atoms with Crippen molar-refractivity contribution in [3.63, 3.8) is 0 Å². The first kappa shape index (κ1) is 85.9. The van der Waals surface area contributed by atoms with E-state index in [4.69, 9.17) is 98.2 Å². The van der Waals surface area contributed by atoms with E-state index in [-0.39, 0.29) is 29.0 Å². The van der Waals surface area contributed by atoms with Gasteiger partial charge >= 0.3 is 57.8 Å². The Morgan fingerprint density at radius 3 is 1.14 bits per heavy atom. The van der Waals surface area contributed by atoms with Crippen LogP contribution in [0.5, 0.6) is 17.2 Å². The highest BCUT2D eigenvalue weighted by Crippen LogP contribution is 2.54. The van der Waals surface area contributed by atoms with Crippen LogP contribution in [0.15, 0.2) is 130 Å². The van der Waals surface area contributed by atoms with Crippen molar-refractivity contribution >= 4 is 58.3 Å². The number of hydrogen-bond acceptors (Lipinski definition) is 34. The number of aliphatic hydroxyl groups excluding tert-OH is 3. The molecule has 642 valence electrons. The average Bonchev–Trinajstić information content (AvgIpc) is 1.79. The van der Waals surface area contributed by atoms with E-state index in [1.165, 1.54) is 63.2 Å². The lowest BCUT2D eigenvalue weighted by molar-refractivity contribution is -0.152. The van der Waals surface area contributed by atoms with Crippen molar-refractivity contribution in [2.75, 3.05) is 75.4 Å². The van der Waals surface area contributed by atoms with Crippen LogP contribution in [0.3, 0.4) is 0 Å². The Morgan fingerprint density at radius 2 is 0.822 bits per heavy atom. The summed E-state index contributed by atoms with van der Waals surface area (Å²) in [5.74, 6) is 5.00. The van der Waals surface area contributed by atoms with Crippen LogP contribution in [0, 0.1) is 59.1 Å². The third kappa shape index (κ3) is 25.3. The number of rotatable bonds is 30. The van der Waals surface area contributed by atoms with Gasteiger partial charge in [0.2, 0.25) is 5.95 Å². The molecular formula is C74H94F4N13O24P3. The number of benzene rings is 3. The van der Waals surface area contributed by atoms with E-state index in [1.54, 1.807) is 96.1 Å². The summed E-state index contributed by atoms with van der Waals surface area (Å²) in [6.07, 6.45) is -18.8. The standard InChI is InChI=1S/C25H31F2N4O8P.C25H32FN4O8P.C24H31FN5O8P/c1-15(2)37-22(33)16(3)14-40(35,39-17-8-5-4-6-9-17)36-13-19-20(32)25(29,10-7-11-26)23(38-19)31-12-18(27)21(28)30-24(31)34;1-16(2)36-22(32)17(3)15-39(34,38-18-8-5-4-6-9-18)35-14-19-21(31)25(28,11-7-12-26)23(37-19)30-13-10-20(27)29-24(30)33;1-15(2)36-20(32)16(3)13-39(34,38-17-8-5-4-6-9-17)35-12-18-19(31)24(27,10-7-11-25)21(37-18)30-14-28-22(26)29-23(30)33/h4-6,8-9,12,15-16,19-20,23,32H,11,13-14,29H2,1-3H3,(H2,28,30,34);4-6,8-10,13,16-17,19,21,23,31H,12,14-15,28H2,1-3H3,(H2,27,29,33);4-6,8-9,14-16,18-19,21,31H,11-13,27H2,1-3H3,(H2,26,29,33)/t16-,19-,20+,23-,25?,40+;17-,19-,21+,23-,25?,39+;16-,18-,19+,21-,24?,39+/m111/s1/i13D2;14D2;12D2. The highest BCUT2D eigenvalue weighted by molar-refractivity contribution is 7.55. The molecule has 3 fully saturated rings. The van der Waals surface area contributed by atoms with Gasteiger partial charge in [-0.05, 0) is 84.0 Å². The summed E-state index contributed by atoms with van der Waals surface area (Å²) in [5.41, 5.74) is 24.9. The number of esters is 3. The number of hydrogen-bond donors (Lipinski definition) is 9. The minimum Gasteiger partial charge on any atom is -0.463 e. The van der Waals surface area contributed by atoms with Crippen LogP contribution in [-0.4, -0.2) is 197 Å². The molecule has 9 rings (SSSR count). The van der Waals surface area contributed by atoms with Gasteiger partial charge in [-0.2, -0.15) is 15.0 Å². The monoisotopic (exact) mass is 1720 g/mol. The minimum atomic E-state index is -4.63. The molecule has 3 aromatic carbocycles. The minimum absolute atomic E-state index is 0.00351. The number of anilines is 3. The largest absolute Gasteiger partial charge is 0.463 e. The molecule has 3 aliphatic rings. The van der Waals surface area contributed by atoms with Crippen LogP contribution in [0.1, 0.15) is 89.2 Å². The second-order valence-corrected chi connectivity index (χ2v) is 33.0. The Morgan fingerprint density at radius 1 is 0.508 bits per heavy atom. The molecule has 18 atom stereocenters. The molecule has 0 bridgehead atoms. The van der Waals surface area contributed by atoms with Gasteiger partial charge in [-0.25, -0.2) is 50.6 Å². The Balaban J connectivity index is 0.000000256. The molecule has 0 saturated carbocycles. The number of alkyl halides is 3. The summed E-state index contributed by atoms with van der Waals surface area (Å²) in [7, 11) is -13.8. The quantitative estimate of drug-likeness (QED) is 0.00990. The molecule has 6 heterocycles. The number of ether oxygens (including phenoxy) is 6. The first-order chi connectivity index (χ1) is 57.8. The van der Waals surface area contributed by atoms with Gasteiger partial charge in [0.1, 0.15) is 86.0 Å². The zero-order valence-corrected chi connectivity index (χ0v) is 67.4. The van der Waals surface area contributed by atoms with Gasteiger partial charge in [-0.3, -0.25) is 41.7 Å². The number of halogens is 4. The number of carbonyl (C=O) groups excluding carboxylic acids is 3. The Bertz CT molecular complexity index is 5070. The van der Waals surface area contributed by atoms with Crippen LogP contribution in [0.2, 0.25) is 0 Å².